The summed E-state index contributed by atoms with van der Waals surface area (Å²) in [6.45, 7) is -52.4. The molecule has 12 rings (SSSR count). The van der Waals surface area contributed by atoms with Crippen molar-refractivity contribution in [3.63, 3.8) is 0 Å². The minimum absolute atomic E-state index is 0. The van der Waals surface area contributed by atoms with Gasteiger partial charge in [0, 0.05) is 113 Å². The van der Waals surface area contributed by atoms with Gasteiger partial charge in [0.25, 0.3) is 17.7 Å². The molecule has 0 bridgehead atoms. The quantitative estimate of drug-likeness (QED) is 0.0169. The van der Waals surface area contributed by atoms with Crippen LogP contribution in [0.5, 0.6) is 17.2 Å². The van der Waals surface area contributed by atoms with Gasteiger partial charge in [0.05, 0.1) is 61.1 Å². The Balaban J connectivity index is 0.000000396. The van der Waals surface area contributed by atoms with Crippen LogP contribution in [0, 0.1) is 59.1 Å². The van der Waals surface area contributed by atoms with Crippen LogP contribution in [-0.2, 0) is 67.2 Å². The maximum atomic E-state index is 14.8. The zero-order valence-electron chi connectivity index (χ0n) is 134. The van der Waals surface area contributed by atoms with Gasteiger partial charge < -0.3 is 92.1 Å². The standard InChI is InChI=1S/3C37H48N4O5.3CH4/c3*1-25(2)34(41-20-12-19-38-37(41)45)36(44)39-30(21-28-15-7-5-8-16-28)23-32(42)31(22-29-17-9-6-10-18-29)40-33(43)24-46-35-26(3)13-11-14-27(35)4;;;/h3*5-11,13-18,25,30-32,34,42H,12,19-24H2,1-4H3,(H,38,45)(H,39,44)(H,40,43);3*1H4/t3*30-,31-,32-,34-;;;/m000.../s1/i1D3,2D3,3D3,4D3,11D,12D2,13D,14D,19D2,20D2,24D2,25D,34D;1D3,2D3,6D,9D,10D,17D,18D,22D2,24D2,25D,31D,34D;1D3,2D3,12D2,19D2,20D2,24D2,25D,34D;;;. The molecule has 3 heterocycles. The van der Waals surface area contributed by atoms with Gasteiger partial charge in [-0.1, -0.05) is 300 Å². The highest BCUT2D eigenvalue weighted by Crippen LogP contribution is 2.29. The lowest BCUT2D eigenvalue weighted by Crippen LogP contribution is -2.59. The Morgan fingerprint density at radius 2 is 0.723 bits per heavy atom. The number of carbonyl (C=O) groups excluding carboxylic acids is 9. The number of hydrogen-bond donors (Lipinski definition) is 12. The van der Waals surface area contributed by atoms with Gasteiger partial charge in [0.2, 0.25) is 17.7 Å². The van der Waals surface area contributed by atoms with Crippen LogP contribution in [0.2, 0.25) is 0 Å². The number of aryl methyl sites for hydroxylation is 4. The van der Waals surface area contributed by atoms with E-state index in [0.29, 0.717) is 44.5 Å². The topological polar surface area (TPSA) is 360 Å². The molecule has 3 aliphatic rings. The van der Waals surface area contributed by atoms with E-state index in [1.807, 2.05) is 0 Å². The van der Waals surface area contributed by atoms with Crippen LogP contribution >= 0.6 is 0 Å². The number of benzene rings is 9. The molecule has 3 saturated heterocycles. The van der Waals surface area contributed by atoms with E-state index >= 15 is 0 Å². The fourth-order valence-corrected chi connectivity index (χ4v) is 14.3. The van der Waals surface area contributed by atoms with E-state index in [4.69, 9.17) is 86.9 Å². The molecule has 0 aliphatic carbocycles. The van der Waals surface area contributed by atoms with Crippen molar-refractivity contribution in [1.82, 2.24) is 62.6 Å². The highest BCUT2D eigenvalue weighted by Gasteiger charge is 2.40. The minimum Gasteiger partial charge on any atom is -0.483 e. The second-order valence-corrected chi connectivity index (χ2v) is 31.1. The fourth-order valence-electron chi connectivity index (χ4n) is 14.3. The molecular formula is C114H156N12O15. The first-order valence-corrected chi connectivity index (χ1v) is 42.7. The van der Waals surface area contributed by atoms with Crippen molar-refractivity contribution in [3.8, 4) is 17.2 Å². The molecule has 27 nitrogen and oxygen atoms in total. The Kier molecular flexibility index (Phi) is 23.1. The van der Waals surface area contributed by atoms with Crippen molar-refractivity contribution in [3.05, 3.63) is 303 Å². The van der Waals surface area contributed by atoms with E-state index in [1.54, 1.807) is 122 Å². The molecule has 12 amide bonds. The molecule has 762 valence electrons. The predicted molar refractivity (Wildman–Crippen MR) is 559 cm³/mol. The molecule has 0 aromatic heterocycles. The van der Waals surface area contributed by atoms with E-state index in [1.165, 1.54) is 109 Å². The number of amides is 12. The molecule has 141 heavy (non-hydrogen) atoms. The molecule has 27 heteroatoms. The molecule has 0 radical (unpaired) electrons. The van der Waals surface area contributed by atoms with Crippen LogP contribution in [0.1, 0.15) is 249 Å². The second-order valence-electron chi connectivity index (χ2n) is 31.1. The van der Waals surface area contributed by atoms with Crippen molar-refractivity contribution in [2.75, 3.05) is 58.8 Å². The lowest BCUT2D eigenvalue weighted by molar-refractivity contribution is -0.129. The van der Waals surface area contributed by atoms with Gasteiger partial charge in [-0.3, -0.25) is 28.8 Å². The normalized spacial score (nSPS) is 26.0. The van der Waals surface area contributed by atoms with Crippen molar-refractivity contribution in [1.29, 1.82) is 0 Å². The van der Waals surface area contributed by atoms with E-state index in [-0.39, 0.29) is 70.0 Å². The lowest BCUT2D eigenvalue weighted by atomic mass is 9.92. The zero-order valence-corrected chi connectivity index (χ0v) is 74.9. The average Bonchev–Trinajstić information content (AvgIpc) is 0.674. The zero-order chi connectivity index (χ0) is 151. The molecule has 9 aromatic carbocycles. The summed E-state index contributed by atoms with van der Waals surface area (Å²) in [5, 5.41) is 54.2. The van der Waals surface area contributed by atoms with Crippen molar-refractivity contribution in [2.45, 2.75) is 254 Å². The molecule has 3 fully saturated rings. The Morgan fingerprint density at radius 1 is 0.397 bits per heavy atom. The summed E-state index contributed by atoms with van der Waals surface area (Å²) in [5.74, 6) is -26.0. The SMILES string of the molecule is C.C.C.[2H]C([2H])(Oc1c(C)cccc1C)C(=O)N[C@@H](Cc1ccccc1)[C@@H](O)C[C@H](Cc1ccccc1)NC(=O)[C@@]([2H])(N1C(=O)NC([2H])([2H])C([2H])([2H])C1([2H])[2H])C([2H])(C([2H])([2H])[2H])C([2H])([2H])[2H].[2H]c1c([2H])c(C([2H])([2H])[2H])c(OC([2H])([2H])C(=O)N[C@@H](Cc2ccccc2)[C@@H](O)C[C@H](Cc2ccccc2)NC(=O)[C@@]([2H])(N2C(=O)NC([2H])([2H])C([2H])([2H])C2([2H])[2H])C([2H])(C([2H])([2H])[2H])C([2H])([2H])[2H])c(C([2H])([2H])[2H])c1[2H].[2H]c1c([2H])c([2H])c(C([2H])([2H])[C@]([2H])(NC(=O)C([2H])([2H])Oc2c(C)cccc2C)[C@@H](O)C[C@H](Cc2ccccc2)NC(=O)[C@@]([2H])(N2CCCNC2=O)C([2H])(C([2H])([2H])[2H])C([2H])([2H])[2H])c([2H])c1[2H]. The monoisotopic (exact) mass is 1990 g/mol. The number of rotatable bonds is 45. The largest absolute Gasteiger partial charge is 0.483 e. The summed E-state index contributed by atoms with van der Waals surface area (Å²) >= 11 is 0. The number of aliphatic hydroxyl groups excluding tert-OH is 3. The van der Waals surface area contributed by atoms with Crippen LogP contribution in [0.3, 0.4) is 0 Å². The van der Waals surface area contributed by atoms with Crippen LogP contribution < -0.4 is 62.1 Å². The summed E-state index contributed by atoms with van der Waals surface area (Å²) < 4.78 is 510. The number of hydrogen-bond acceptors (Lipinski definition) is 15. The Morgan fingerprint density at radius 3 is 1.07 bits per heavy atom. The van der Waals surface area contributed by atoms with Gasteiger partial charge in [-0.15, -0.1) is 0 Å². The maximum Gasteiger partial charge on any atom is 0.318 e. The summed E-state index contributed by atoms with van der Waals surface area (Å²) in [6, 6.07) is 8.74. The molecule has 0 spiro atoms. The fraction of sp³-hybridized carbons (Fsp3) is 0.447. The second kappa shape index (κ2) is 58.8. The van der Waals surface area contributed by atoms with Crippen LogP contribution in [0.4, 0.5) is 14.4 Å². The maximum absolute atomic E-state index is 14.8. The molecule has 0 saturated carbocycles. The van der Waals surface area contributed by atoms with E-state index in [9.17, 15) is 66.7 Å². The smallest absolute Gasteiger partial charge is 0.318 e. The van der Waals surface area contributed by atoms with Gasteiger partial charge in [-0.05, 0) is 203 Å². The van der Waals surface area contributed by atoms with Crippen LogP contribution in [0.25, 0.3) is 0 Å². The summed E-state index contributed by atoms with van der Waals surface area (Å²) in [5.41, 5.74) is -0.353. The highest BCUT2D eigenvalue weighted by atomic mass is 16.5. The van der Waals surface area contributed by atoms with Crippen LogP contribution in [0.15, 0.2) is 236 Å². The Labute approximate surface area is 919 Å². The van der Waals surface area contributed by atoms with E-state index in [2.05, 4.69) is 31.9 Å². The van der Waals surface area contributed by atoms with E-state index in [0.717, 1.165) is 0 Å². The first-order valence-electron chi connectivity index (χ1n) is 72.2. The van der Waals surface area contributed by atoms with Crippen molar-refractivity contribution >= 4 is 53.5 Å². The Bertz CT molecular complexity index is 8120. The Hall–Kier alpha value is -13.1. The molecular weight excluding hydrogens is 1780 g/mol. The summed E-state index contributed by atoms with van der Waals surface area (Å²) in [7, 11) is 0. The van der Waals surface area contributed by atoms with Gasteiger partial charge >= 0.3 is 18.1 Å². The van der Waals surface area contributed by atoms with Crippen LogP contribution in [-0.4, -0.2) is 215 Å². The molecule has 12 N–H and O–H groups in total. The summed E-state index contributed by atoms with van der Waals surface area (Å²) in [4.78, 5) is 125. The third kappa shape index (κ3) is 36.5. The van der Waals surface area contributed by atoms with Gasteiger partial charge in [-0.25, -0.2) is 14.4 Å². The molecule has 9 aromatic rings. The average molecular weight is 1990 g/mol. The van der Waals surface area contributed by atoms with Gasteiger partial charge in [0.1, 0.15) is 35.3 Å². The number of carbonyl (C=O) groups is 9. The van der Waals surface area contributed by atoms with Crippen molar-refractivity contribution in [2.24, 2.45) is 17.7 Å². The molecule has 3 aliphatic heterocycles. The predicted octanol–water partition coefficient (Wildman–Crippen LogP) is 14.9. The van der Waals surface area contributed by atoms with Crippen molar-refractivity contribution < 1.29 is 154 Å². The highest BCUT2D eigenvalue weighted by molar-refractivity contribution is 5.90. The minimum atomic E-state index is -4.61. The van der Waals surface area contributed by atoms with Gasteiger partial charge in [0.15, 0.2) is 19.7 Å². The van der Waals surface area contributed by atoms with Gasteiger partial charge in [-0.2, -0.15) is 0 Å². The van der Waals surface area contributed by atoms with E-state index < -0.39 is 389 Å². The molecule has 12 atom stereocenters. The summed E-state index contributed by atoms with van der Waals surface area (Å²) in [6.07, 6.45) is -22.9. The number of nitrogens with one attached hydrogen (secondary N) is 9. The molecule has 0 unspecified atom stereocenters. The third-order valence-corrected chi connectivity index (χ3v) is 20.8. The number of nitrogens with zero attached hydrogens (tertiary/aromatic N) is 3. The lowest BCUT2D eigenvalue weighted by Gasteiger charge is -2.37. The first-order chi connectivity index (χ1) is 89.4. The first kappa shape index (κ1) is 55.3. The number of aliphatic hydroxyl groups is 3. The number of ether oxygens (including phenoxy) is 3. The number of urea groups is 3. The third-order valence-electron chi connectivity index (χ3n) is 20.8. The number of para-hydroxylation sites is 3.